The summed E-state index contributed by atoms with van der Waals surface area (Å²) < 4.78 is 0. The fraction of sp³-hybridized carbons (Fsp3) is 0.238. The Labute approximate surface area is 160 Å². The molecule has 2 aromatic carbocycles. The standard InChI is InChI=1S/C21H24N4S/c1-17-11-19(25-10-8-23(3)16-25)14-21(12-17)26-20-6-4-5-18(13-20)24-9-7-22(2)15-24/h4-14H,15-16H2,1-3H3. The largest absolute Gasteiger partial charge is 0.361 e. The second kappa shape index (κ2) is 7.00. The fourth-order valence-corrected chi connectivity index (χ4v) is 4.23. The van der Waals surface area contributed by atoms with Gasteiger partial charge in [0.15, 0.2) is 0 Å². The van der Waals surface area contributed by atoms with E-state index in [0.29, 0.717) is 0 Å². The molecule has 4 rings (SSSR count). The minimum Gasteiger partial charge on any atom is -0.361 e. The Morgan fingerprint density at radius 1 is 0.731 bits per heavy atom. The number of hydrogen-bond acceptors (Lipinski definition) is 5. The third-order valence-electron chi connectivity index (χ3n) is 4.51. The van der Waals surface area contributed by atoms with Crippen LogP contribution in [0.4, 0.5) is 11.4 Å². The number of benzene rings is 2. The van der Waals surface area contributed by atoms with Crippen molar-refractivity contribution in [1.82, 2.24) is 9.80 Å². The molecule has 0 unspecified atom stereocenters. The topological polar surface area (TPSA) is 13.0 Å². The molecule has 0 bridgehead atoms. The highest BCUT2D eigenvalue weighted by Crippen LogP contribution is 2.34. The second-order valence-electron chi connectivity index (χ2n) is 6.94. The molecular weight excluding hydrogens is 340 g/mol. The van der Waals surface area contributed by atoms with Crippen molar-refractivity contribution in [3.05, 3.63) is 72.8 Å². The number of nitrogens with zero attached hydrogens (tertiary/aromatic N) is 4. The first-order valence-electron chi connectivity index (χ1n) is 8.77. The summed E-state index contributed by atoms with van der Waals surface area (Å²) in [6.45, 7) is 3.97. The fourth-order valence-electron chi connectivity index (χ4n) is 3.21. The lowest BCUT2D eigenvalue weighted by Gasteiger charge is -2.20. The lowest BCUT2D eigenvalue weighted by Crippen LogP contribution is -2.21. The maximum atomic E-state index is 2.28. The van der Waals surface area contributed by atoms with E-state index in [0.717, 1.165) is 13.3 Å². The zero-order chi connectivity index (χ0) is 18.1. The molecule has 0 amide bonds. The zero-order valence-corrected chi connectivity index (χ0v) is 16.3. The Morgan fingerprint density at radius 2 is 1.38 bits per heavy atom. The van der Waals surface area contributed by atoms with Crippen molar-refractivity contribution in [3.63, 3.8) is 0 Å². The molecule has 0 spiro atoms. The van der Waals surface area contributed by atoms with Crippen LogP contribution in [0.3, 0.4) is 0 Å². The first-order valence-corrected chi connectivity index (χ1v) is 9.58. The summed E-state index contributed by atoms with van der Waals surface area (Å²) in [5, 5.41) is 0. The lowest BCUT2D eigenvalue weighted by atomic mass is 10.2. The summed E-state index contributed by atoms with van der Waals surface area (Å²) in [7, 11) is 4.19. The molecule has 134 valence electrons. The van der Waals surface area contributed by atoms with Crippen molar-refractivity contribution in [3.8, 4) is 0 Å². The van der Waals surface area contributed by atoms with Gasteiger partial charge in [0.2, 0.25) is 0 Å². The number of aryl methyl sites for hydroxylation is 1. The van der Waals surface area contributed by atoms with Crippen LogP contribution in [0, 0.1) is 6.92 Å². The number of anilines is 2. The third-order valence-corrected chi connectivity index (χ3v) is 5.47. The Bertz CT molecular complexity index is 861. The Morgan fingerprint density at radius 3 is 2.04 bits per heavy atom. The van der Waals surface area contributed by atoms with Crippen LogP contribution in [-0.4, -0.2) is 37.2 Å². The van der Waals surface area contributed by atoms with Gasteiger partial charge >= 0.3 is 0 Å². The average Bonchev–Trinajstić information content (AvgIpc) is 3.23. The Hall–Kier alpha value is -2.53. The van der Waals surface area contributed by atoms with Crippen LogP contribution in [0.1, 0.15) is 5.56 Å². The average molecular weight is 365 g/mol. The van der Waals surface area contributed by atoms with Gasteiger partial charge in [-0.15, -0.1) is 0 Å². The number of hydrogen-bond donors (Lipinski definition) is 0. The normalized spacial score (nSPS) is 16.3. The summed E-state index contributed by atoms with van der Waals surface area (Å²) in [5.74, 6) is 0. The van der Waals surface area contributed by atoms with E-state index in [-0.39, 0.29) is 0 Å². The van der Waals surface area contributed by atoms with Crippen LogP contribution in [0.5, 0.6) is 0 Å². The highest BCUT2D eigenvalue weighted by atomic mass is 32.2. The number of rotatable bonds is 4. The van der Waals surface area contributed by atoms with Crippen molar-refractivity contribution in [2.24, 2.45) is 0 Å². The molecular formula is C21H24N4S. The predicted molar refractivity (Wildman–Crippen MR) is 110 cm³/mol. The van der Waals surface area contributed by atoms with E-state index < -0.39 is 0 Å². The molecule has 0 fully saturated rings. The van der Waals surface area contributed by atoms with Crippen molar-refractivity contribution in [2.75, 3.05) is 37.2 Å². The highest BCUT2D eigenvalue weighted by molar-refractivity contribution is 7.99. The van der Waals surface area contributed by atoms with Gasteiger partial charge in [-0.2, -0.15) is 0 Å². The SMILES string of the molecule is Cc1cc(Sc2cccc(N3C=CN(C)C3)c2)cc(N2C=CN(C)C2)c1. The van der Waals surface area contributed by atoms with E-state index in [1.165, 1.54) is 26.7 Å². The zero-order valence-electron chi connectivity index (χ0n) is 15.5. The first kappa shape index (κ1) is 16.9. The molecule has 2 aliphatic heterocycles. The second-order valence-corrected chi connectivity index (χ2v) is 8.08. The summed E-state index contributed by atoms with van der Waals surface area (Å²) in [5.41, 5.74) is 3.76. The summed E-state index contributed by atoms with van der Waals surface area (Å²) >= 11 is 1.82. The van der Waals surface area contributed by atoms with Crippen LogP contribution in [0.2, 0.25) is 0 Å². The van der Waals surface area contributed by atoms with E-state index in [1.807, 2.05) is 11.8 Å². The summed E-state index contributed by atoms with van der Waals surface area (Å²) in [6, 6.07) is 15.5. The molecule has 0 aliphatic carbocycles. The molecule has 5 heteroatoms. The van der Waals surface area contributed by atoms with E-state index >= 15 is 0 Å². The van der Waals surface area contributed by atoms with Crippen molar-refractivity contribution < 1.29 is 0 Å². The van der Waals surface area contributed by atoms with Crippen LogP contribution < -0.4 is 9.80 Å². The molecule has 0 saturated carbocycles. The Kier molecular flexibility index (Phi) is 4.55. The van der Waals surface area contributed by atoms with Crippen molar-refractivity contribution >= 4 is 23.1 Å². The maximum Gasteiger partial charge on any atom is 0.0938 e. The Balaban J connectivity index is 1.55. The minimum absolute atomic E-state index is 0.900. The highest BCUT2D eigenvalue weighted by Gasteiger charge is 2.13. The molecule has 2 heterocycles. The molecule has 0 atom stereocenters. The van der Waals surface area contributed by atoms with Gasteiger partial charge in [0, 0.05) is 60.1 Å². The molecule has 26 heavy (non-hydrogen) atoms. The predicted octanol–water partition coefficient (Wildman–Crippen LogP) is 4.51. The van der Waals surface area contributed by atoms with Gasteiger partial charge in [-0.05, 0) is 48.9 Å². The van der Waals surface area contributed by atoms with Crippen molar-refractivity contribution in [1.29, 1.82) is 0 Å². The van der Waals surface area contributed by atoms with Gasteiger partial charge in [-0.25, -0.2) is 0 Å². The molecule has 0 radical (unpaired) electrons. The molecule has 2 aromatic rings. The molecule has 0 saturated heterocycles. The summed E-state index contributed by atoms with van der Waals surface area (Å²) in [4.78, 5) is 11.4. The van der Waals surface area contributed by atoms with E-state index in [4.69, 9.17) is 0 Å². The minimum atomic E-state index is 0.900. The smallest absolute Gasteiger partial charge is 0.0938 e. The molecule has 4 nitrogen and oxygen atoms in total. The van der Waals surface area contributed by atoms with Crippen LogP contribution >= 0.6 is 11.8 Å². The molecule has 2 aliphatic rings. The van der Waals surface area contributed by atoms with Gasteiger partial charge < -0.3 is 19.6 Å². The monoisotopic (exact) mass is 364 g/mol. The summed E-state index contributed by atoms with van der Waals surface area (Å²) in [6.07, 6.45) is 8.48. The molecule has 0 aromatic heterocycles. The first-order chi connectivity index (χ1) is 12.6. The van der Waals surface area contributed by atoms with Gasteiger partial charge in [-0.1, -0.05) is 17.8 Å². The lowest BCUT2D eigenvalue weighted by molar-refractivity contribution is 0.495. The van der Waals surface area contributed by atoms with Gasteiger partial charge in [0.1, 0.15) is 0 Å². The van der Waals surface area contributed by atoms with E-state index in [2.05, 4.69) is 108 Å². The maximum absolute atomic E-state index is 2.28. The van der Waals surface area contributed by atoms with Gasteiger partial charge in [0.05, 0.1) is 13.3 Å². The van der Waals surface area contributed by atoms with Gasteiger partial charge in [0.25, 0.3) is 0 Å². The molecule has 0 N–H and O–H groups in total. The quantitative estimate of drug-likeness (QED) is 0.789. The van der Waals surface area contributed by atoms with Crippen LogP contribution in [0.15, 0.2) is 77.1 Å². The van der Waals surface area contributed by atoms with Crippen LogP contribution in [0.25, 0.3) is 0 Å². The van der Waals surface area contributed by atoms with Gasteiger partial charge in [-0.3, -0.25) is 0 Å². The third kappa shape index (κ3) is 3.68. The van der Waals surface area contributed by atoms with Crippen molar-refractivity contribution in [2.45, 2.75) is 16.7 Å². The van der Waals surface area contributed by atoms with Crippen LogP contribution in [-0.2, 0) is 0 Å². The van der Waals surface area contributed by atoms with E-state index in [1.54, 1.807) is 0 Å². The van der Waals surface area contributed by atoms with E-state index in [9.17, 15) is 0 Å².